The normalized spacial score (nSPS) is 20.5. The summed E-state index contributed by atoms with van der Waals surface area (Å²) in [6.07, 6.45) is 2.59. The van der Waals surface area contributed by atoms with Crippen LogP contribution in [0, 0.1) is 5.82 Å². The number of rotatable bonds is 6. The van der Waals surface area contributed by atoms with Crippen molar-refractivity contribution >= 4 is 15.9 Å². The molecule has 106 valence electrons. The zero-order valence-corrected chi connectivity index (χ0v) is 12.6. The van der Waals surface area contributed by atoms with Gasteiger partial charge >= 0.3 is 0 Å². The molecule has 0 radical (unpaired) electrons. The molecule has 1 saturated heterocycles. The van der Waals surface area contributed by atoms with Crippen molar-refractivity contribution in [3.63, 3.8) is 0 Å². The van der Waals surface area contributed by atoms with Gasteiger partial charge in [0, 0.05) is 19.2 Å². The number of ether oxygens (including phenoxy) is 2. The van der Waals surface area contributed by atoms with Crippen LogP contribution in [0.25, 0.3) is 0 Å². The molecule has 0 amide bonds. The van der Waals surface area contributed by atoms with Crippen molar-refractivity contribution in [2.45, 2.75) is 31.9 Å². The van der Waals surface area contributed by atoms with Crippen LogP contribution >= 0.6 is 15.9 Å². The molecule has 2 atom stereocenters. The monoisotopic (exact) mass is 331 g/mol. The minimum absolute atomic E-state index is 0.274. The van der Waals surface area contributed by atoms with E-state index in [0.717, 1.165) is 26.0 Å². The van der Waals surface area contributed by atoms with E-state index >= 15 is 0 Å². The third-order valence-electron chi connectivity index (χ3n) is 3.24. The van der Waals surface area contributed by atoms with E-state index in [4.69, 9.17) is 9.47 Å². The Morgan fingerprint density at radius 1 is 1.58 bits per heavy atom. The summed E-state index contributed by atoms with van der Waals surface area (Å²) in [7, 11) is 0. The van der Waals surface area contributed by atoms with E-state index in [1.807, 2.05) is 0 Å². The Kier molecular flexibility index (Phi) is 5.60. The maximum atomic E-state index is 12.9. The summed E-state index contributed by atoms with van der Waals surface area (Å²) in [6, 6.07) is 4.76. The van der Waals surface area contributed by atoms with Crippen LogP contribution in [0.1, 0.15) is 19.8 Å². The largest absolute Gasteiger partial charge is 0.491 e. The number of benzene rings is 1. The fraction of sp³-hybridized carbons (Fsp3) is 0.571. The molecule has 1 heterocycles. The summed E-state index contributed by atoms with van der Waals surface area (Å²) in [6.45, 7) is 4.28. The van der Waals surface area contributed by atoms with E-state index in [0.29, 0.717) is 29.0 Å². The van der Waals surface area contributed by atoms with Crippen LogP contribution in [-0.2, 0) is 4.74 Å². The molecule has 1 aliphatic rings. The Morgan fingerprint density at radius 2 is 2.42 bits per heavy atom. The first-order chi connectivity index (χ1) is 9.16. The zero-order chi connectivity index (χ0) is 13.7. The number of hydrogen-bond acceptors (Lipinski definition) is 3. The average Bonchev–Trinajstić information content (AvgIpc) is 2.90. The molecule has 1 N–H and O–H groups in total. The van der Waals surface area contributed by atoms with Gasteiger partial charge in [0.05, 0.1) is 10.6 Å². The SMILES string of the molecule is CC(NCCOc1ccc(F)cc1Br)C1CCCO1. The van der Waals surface area contributed by atoms with Gasteiger partial charge in [0.1, 0.15) is 18.2 Å². The molecule has 0 saturated carbocycles. The van der Waals surface area contributed by atoms with Crippen molar-refractivity contribution in [1.29, 1.82) is 0 Å². The van der Waals surface area contributed by atoms with Crippen LogP contribution in [0.5, 0.6) is 5.75 Å². The van der Waals surface area contributed by atoms with Crippen LogP contribution in [-0.4, -0.2) is 31.9 Å². The molecular formula is C14H19BrFNO2. The number of hydrogen-bond donors (Lipinski definition) is 1. The standard InChI is InChI=1S/C14H19BrFNO2/c1-10(13-3-2-7-18-13)17-6-8-19-14-5-4-11(16)9-12(14)15/h4-5,9-10,13,17H,2-3,6-8H2,1H3. The fourth-order valence-corrected chi connectivity index (χ4v) is 2.63. The van der Waals surface area contributed by atoms with Gasteiger partial charge in [-0.15, -0.1) is 0 Å². The van der Waals surface area contributed by atoms with Crippen molar-refractivity contribution in [1.82, 2.24) is 5.32 Å². The van der Waals surface area contributed by atoms with E-state index in [1.54, 1.807) is 6.07 Å². The van der Waals surface area contributed by atoms with Crippen LogP contribution in [0.3, 0.4) is 0 Å². The summed E-state index contributed by atoms with van der Waals surface area (Å²) in [5.74, 6) is 0.386. The first-order valence-electron chi connectivity index (χ1n) is 6.59. The maximum absolute atomic E-state index is 12.9. The van der Waals surface area contributed by atoms with Crippen LogP contribution in [0.4, 0.5) is 4.39 Å². The molecule has 0 bridgehead atoms. The maximum Gasteiger partial charge on any atom is 0.133 e. The minimum atomic E-state index is -0.274. The number of nitrogens with one attached hydrogen (secondary N) is 1. The summed E-state index contributed by atoms with van der Waals surface area (Å²) in [5.41, 5.74) is 0. The van der Waals surface area contributed by atoms with Gasteiger partial charge in [-0.2, -0.15) is 0 Å². The molecule has 1 aromatic rings. The molecule has 0 spiro atoms. The Balaban J connectivity index is 1.68. The van der Waals surface area contributed by atoms with Crippen LogP contribution in [0.15, 0.2) is 22.7 Å². The zero-order valence-electron chi connectivity index (χ0n) is 11.0. The summed E-state index contributed by atoms with van der Waals surface area (Å²) in [5, 5.41) is 3.39. The van der Waals surface area contributed by atoms with E-state index in [2.05, 4.69) is 28.2 Å². The minimum Gasteiger partial charge on any atom is -0.491 e. The lowest BCUT2D eigenvalue weighted by atomic mass is 10.1. The Hall–Kier alpha value is -0.650. The van der Waals surface area contributed by atoms with Crippen molar-refractivity contribution in [2.75, 3.05) is 19.8 Å². The third-order valence-corrected chi connectivity index (χ3v) is 3.86. The topological polar surface area (TPSA) is 30.5 Å². The van der Waals surface area contributed by atoms with E-state index < -0.39 is 0 Å². The lowest BCUT2D eigenvalue weighted by Gasteiger charge is -2.20. The quantitative estimate of drug-likeness (QED) is 0.812. The van der Waals surface area contributed by atoms with Gasteiger partial charge in [-0.25, -0.2) is 4.39 Å². The second-order valence-corrected chi connectivity index (χ2v) is 5.57. The van der Waals surface area contributed by atoms with Gasteiger partial charge in [-0.3, -0.25) is 0 Å². The summed E-state index contributed by atoms with van der Waals surface area (Å²) in [4.78, 5) is 0. The second-order valence-electron chi connectivity index (χ2n) is 4.72. The highest BCUT2D eigenvalue weighted by Crippen LogP contribution is 2.25. The fourth-order valence-electron chi connectivity index (χ4n) is 2.17. The predicted octanol–water partition coefficient (Wildman–Crippen LogP) is 3.12. The highest BCUT2D eigenvalue weighted by molar-refractivity contribution is 9.10. The molecule has 2 unspecified atom stereocenters. The van der Waals surface area contributed by atoms with E-state index in [-0.39, 0.29) is 5.82 Å². The van der Waals surface area contributed by atoms with Crippen molar-refractivity contribution in [3.8, 4) is 5.75 Å². The lowest BCUT2D eigenvalue weighted by molar-refractivity contribution is 0.0824. The van der Waals surface area contributed by atoms with Gasteiger partial charge in [0.2, 0.25) is 0 Å². The first kappa shape index (κ1) is 14.8. The van der Waals surface area contributed by atoms with E-state index in [1.165, 1.54) is 12.1 Å². The van der Waals surface area contributed by atoms with Crippen molar-refractivity contribution in [3.05, 3.63) is 28.5 Å². The average molecular weight is 332 g/mol. The molecule has 0 aliphatic carbocycles. The van der Waals surface area contributed by atoms with E-state index in [9.17, 15) is 4.39 Å². The first-order valence-corrected chi connectivity index (χ1v) is 7.39. The van der Waals surface area contributed by atoms with Gasteiger partial charge < -0.3 is 14.8 Å². The Morgan fingerprint density at radius 3 is 3.11 bits per heavy atom. The Bertz CT molecular complexity index is 410. The number of halogens is 2. The van der Waals surface area contributed by atoms with Crippen LogP contribution < -0.4 is 10.1 Å². The molecule has 0 aromatic heterocycles. The summed E-state index contributed by atoms with van der Waals surface area (Å²) < 4.78 is 24.7. The second kappa shape index (κ2) is 7.22. The smallest absolute Gasteiger partial charge is 0.133 e. The molecule has 3 nitrogen and oxygen atoms in total. The van der Waals surface area contributed by atoms with Crippen molar-refractivity contribution < 1.29 is 13.9 Å². The highest BCUT2D eigenvalue weighted by atomic mass is 79.9. The highest BCUT2D eigenvalue weighted by Gasteiger charge is 2.21. The molecule has 2 rings (SSSR count). The predicted molar refractivity (Wildman–Crippen MR) is 76.0 cm³/mol. The van der Waals surface area contributed by atoms with Crippen molar-refractivity contribution in [2.24, 2.45) is 0 Å². The molecule has 1 fully saturated rings. The van der Waals surface area contributed by atoms with Gasteiger partial charge in [0.25, 0.3) is 0 Å². The summed E-state index contributed by atoms with van der Waals surface area (Å²) >= 11 is 3.28. The van der Waals surface area contributed by atoms with Crippen LogP contribution in [0.2, 0.25) is 0 Å². The molecule has 1 aromatic carbocycles. The van der Waals surface area contributed by atoms with Gasteiger partial charge in [-0.05, 0) is 53.9 Å². The molecule has 5 heteroatoms. The molecule has 1 aliphatic heterocycles. The molecule has 19 heavy (non-hydrogen) atoms. The van der Waals surface area contributed by atoms with Gasteiger partial charge in [0.15, 0.2) is 0 Å². The lowest BCUT2D eigenvalue weighted by Crippen LogP contribution is -2.39. The Labute approximate surface area is 121 Å². The molecular weight excluding hydrogens is 313 g/mol. The van der Waals surface area contributed by atoms with Gasteiger partial charge in [-0.1, -0.05) is 0 Å². The third kappa shape index (κ3) is 4.44.